The van der Waals surface area contributed by atoms with E-state index in [9.17, 15) is 0 Å². The van der Waals surface area contributed by atoms with Gasteiger partial charge in [0.2, 0.25) is 0 Å². The number of rotatable bonds is 3. The highest BCUT2D eigenvalue weighted by molar-refractivity contribution is 7.99. The summed E-state index contributed by atoms with van der Waals surface area (Å²) in [6.45, 7) is 0.858. The molecule has 1 saturated heterocycles. The summed E-state index contributed by atoms with van der Waals surface area (Å²) >= 11 is 8.08. The predicted molar refractivity (Wildman–Crippen MR) is 66.4 cm³/mol. The molecule has 2 rings (SSSR count). The Labute approximate surface area is 99.8 Å². The second-order valence-electron chi connectivity index (χ2n) is 3.73. The van der Waals surface area contributed by atoms with Crippen molar-refractivity contribution >= 4 is 23.4 Å². The van der Waals surface area contributed by atoms with Crippen LogP contribution in [0.3, 0.4) is 0 Å². The average Bonchev–Trinajstić information content (AvgIpc) is 2.29. The van der Waals surface area contributed by atoms with Crippen molar-refractivity contribution in [3.05, 3.63) is 29.0 Å². The van der Waals surface area contributed by atoms with E-state index < -0.39 is 0 Å². The van der Waals surface area contributed by atoms with Gasteiger partial charge in [0.05, 0.1) is 5.02 Å². The summed E-state index contributed by atoms with van der Waals surface area (Å²) in [6.07, 6.45) is 6.04. The number of hydrogen-bond acceptors (Lipinski definition) is 3. The molecule has 1 aliphatic rings. The van der Waals surface area contributed by atoms with Crippen LogP contribution in [0.25, 0.3) is 0 Å². The first-order valence-electron chi connectivity index (χ1n) is 5.26. The van der Waals surface area contributed by atoms with Gasteiger partial charge >= 0.3 is 0 Å². The molecule has 1 aromatic rings. The topological polar surface area (TPSA) is 24.9 Å². The lowest BCUT2D eigenvalue weighted by Crippen LogP contribution is -2.32. The maximum Gasteiger partial charge on any atom is 0.0634 e. The molecule has 0 radical (unpaired) electrons. The summed E-state index contributed by atoms with van der Waals surface area (Å²) in [7, 11) is 0. The first kappa shape index (κ1) is 11.2. The summed E-state index contributed by atoms with van der Waals surface area (Å²) in [6, 6.07) is 2.64. The van der Waals surface area contributed by atoms with Crippen LogP contribution in [0.1, 0.15) is 18.4 Å². The lowest BCUT2D eigenvalue weighted by atomic mass is 10.1. The first-order valence-corrected chi connectivity index (χ1v) is 6.79. The third-order valence-corrected chi connectivity index (χ3v) is 4.05. The number of pyridine rings is 1. The normalized spacial score (nSPS) is 17.9. The van der Waals surface area contributed by atoms with E-state index in [1.165, 1.54) is 24.3 Å². The number of hydrogen-bond donors (Lipinski definition) is 1. The second kappa shape index (κ2) is 5.73. The van der Waals surface area contributed by atoms with Gasteiger partial charge in [-0.2, -0.15) is 11.8 Å². The van der Waals surface area contributed by atoms with Crippen molar-refractivity contribution in [2.24, 2.45) is 0 Å². The van der Waals surface area contributed by atoms with Gasteiger partial charge in [-0.05, 0) is 36.0 Å². The molecule has 82 valence electrons. The Hall–Kier alpha value is -0.250. The van der Waals surface area contributed by atoms with E-state index in [0.717, 1.165) is 17.1 Å². The van der Waals surface area contributed by atoms with Gasteiger partial charge in [-0.3, -0.25) is 4.98 Å². The minimum Gasteiger partial charge on any atom is -0.310 e. The Morgan fingerprint density at radius 2 is 2.27 bits per heavy atom. The predicted octanol–water partition coefficient (Wildman–Crippen LogP) is 2.72. The van der Waals surface area contributed by atoms with E-state index >= 15 is 0 Å². The van der Waals surface area contributed by atoms with Gasteiger partial charge in [0.1, 0.15) is 0 Å². The fourth-order valence-corrected chi connectivity index (χ4v) is 3.00. The molecule has 1 fully saturated rings. The lowest BCUT2D eigenvalue weighted by Gasteiger charge is -2.22. The zero-order valence-corrected chi connectivity index (χ0v) is 10.2. The van der Waals surface area contributed by atoms with Crippen molar-refractivity contribution in [1.29, 1.82) is 0 Å². The van der Waals surface area contributed by atoms with Gasteiger partial charge in [-0.1, -0.05) is 11.6 Å². The van der Waals surface area contributed by atoms with Gasteiger partial charge < -0.3 is 5.32 Å². The van der Waals surface area contributed by atoms with Crippen LogP contribution in [0, 0.1) is 0 Å². The minimum atomic E-state index is 0.662. The number of thioether (sulfide) groups is 1. The van der Waals surface area contributed by atoms with E-state index in [1.807, 2.05) is 17.8 Å². The maximum atomic E-state index is 6.04. The van der Waals surface area contributed by atoms with Crippen LogP contribution in [-0.4, -0.2) is 22.5 Å². The first-order chi connectivity index (χ1) is 7.36. The molecule has 1 aromatic heterocycles. The number of halogens is 1. The quantitative estimate of drug-likeness (QED) is 0.882. The van der Waals surface area contributed by atoms with E-state index in [-0.39, 0.29) is 0 Å². The summed E-state index contributed by atoms with van der Waals surface area (Å²) in [5.41, 5.74) is 1.14. The highest BCUT2D eigenvalue weighted by Crippen LogP contribution is 2.18. The molecular formula is C11H15ClN2S. The van der Waals surface area contributed by atoms with Crippen LogP contribution in [-0.2, 0) is 6.54 Å². The maximum absolute atomic E-state index is 6.04. The molecule has 0 atom stereocenters. The molecule has 4 heteroatoms. The highest BCUT2D eigenvalue weighted by atomic mass is 35.5. The monoisotopic (exact) mass is 242 g/mol. The SMILES string of the molecule is Clc1cnccc1CNC1CCSCC1. The standard InChI is InChI=1S/C11H15ClN2S/c12-11-8-13-4-1-9(11)7-14-10-2-5-15-6-3-10/h1,4,8,10,14H,2-3,5-7H2. The van der Waals surface area contributed by atoms with E-state index in [1.54, 1.807) is 12.4 Å². The van der Waals surface area contributed by atoms with Crippen molar-refractivity contribution in [1.82, 2.24) is 10.3 Å². The second-order valence-corrected chi connectivity index (χ2v) is 5.37. The van der Waals surface area contributed by atoms with Crippen molar-refractivity contribution in [3.8, 4) is 0 Å². The minimum absolute atomic E-state index is 0.662. The Morgan fingerprint density at radius 3 is 3.00 bits per heavy atom. The van der Waals surface area contributed by atoms with E-state index in [2.05, 4.69) is 10.3 Å². The number of nitrogens with one attached hydrogen (secondary N) is 1. The Morgan fingerprint density at radius 1 is 1.47 bits per heavy atom. The van der Waals surface area contributed by atoms with Gasteiger partial charge in [-0.15, -0.1) is 0 Å². The fraction of sp³-hybridized carbons (Fsp3) is 0.545. The molecular weight excluding hydrogens is 228 g/mol. The Kier molecular flexibility index (Phi) is 4.29. The van der Waals surface area contributed by atoms with Crippen LogP contribution in [0.5, 0.6) is 0 Å². The molecule has 1 aliphatic heterocycles. The van der Waals surface area contributed by atoms with Crippen LogP contribution in [0.2, 0.25) is 5.02 Å². The molecule has 15 heavy (non-hydrogen) atoms. The number of nitrogens with zero attached hydrogens (tertiary/aromatic N) is 1. The zero-order valence-electron chi connectivity index (χ0n) is 8.58. The summed E-state index contributed by atoms with van der Waals surface area (Å²) in [5.74, 6) is 2.56. The zero-order chi connectivity index (χ0) is 10.5. The van der Waals surface area contributed by atoms with Crippen LogP contribution < -0.4 is 5.32 Å². The van der Waals surface area contributed by atoms with Crippen molar-refractivity contribution < 1.29 is 0 Å². The molecule has 0 spiro atoms. The third-order valence-electron chi connectivity index (χ3n) is 2.66. The van der Waals surface area contributed by atoms with E-state index in [4.69, 9.17) is 11.6 Å². The van der Waals surface area contributed by atoms with Gasteiger partial charge in [0, 0.05) is 25.0 Å². The Bertz CT molecular complexity index is 313. The van der Waals surface area contributed by atoms with Crippen molar-refractivity contribution in [2.45, 2.75) is 25.4 Å². The van der Waals surface area contributed by atoms with E-state index in [0.29, 0.717) is 6.04 Å². The molecule has 0 bridgehead atoms. The third kappa shape index (κ3) is 3.37. The van der Waals surface area contributed by atoms with Crippen molar-refractivity contribution in [3.63, 3.8) is 0 Å². The molecule has 1 N–H and O–H groups in total. The lowest BCUT2D eigenvalue weighted by molar-refractivity contribution is 0.482. The molecule has 2 heterocycles. The highest BCUT2D eigenvalue weighted by Gasteiger charge is 2.12. The molecule has 0 aromatic carbocycles. The van der Waals surface area contributed by atoms with Crippen LogP contribution >= 0.6 is 23.4 Å². The number of aromatic nitrogens is 1. The fourth-order valence-electron chi connectivity index (χ4n) is 1.70. The van der Waals surface area contributed by atoms with Gasteiger partial charge in [0.25, 0.3) is 0 Å². The molecule has 0 saturated carbocycles. The summed E-state index contributed by atoms with van der Waals surface area (Å²) < 4.78 is 0. The molecule has 0 amide bonds. The largest absolute Gasteiger partial charge is 0.310 e. The summed E-state index contributed by atoms with van der Waals surface area (Å²) in [5, 5.41) is 4.31. The Balaban J connectivity index is 1.84. The summed E-state index contributed by atoms with van der Waals surface area (Å²) in [4.78, 5) is 3.98. The van der Waals surface area contributed by atoms with Gasteiger partial charge in [-0.25, -0.2) is 0 Å². The average molecular weight is 243 g/mol. The molecule has 2 nitrogen and oxygen atoms in total. The van der Waals surface area contributed by atoms with Gasteiger partial charge in [0.15, 0.2) is 0 Å². The molecule has 0 unspecified atom stereocenters. The molecule has 0 aliphatic carbocycles. The smallest absolute Gasteiger partial charge is 0.0634 e. The van der Waals surface area contributed by atoms with Crippen LogP contribution in [0.15, 0.2) is 18.5 Å². The van der Waals surface area contributed by atoms with Crippen LogP contribution in [0.4, 0.5) is 0 Å². The van der Waals surface area contributed by atoms with Crippen molar-refractivity contribution in [2.75, 3.05) is 11.5 Å².